The highest BCUT2D eigenvalue weighted by Gasteiger charge is 2.50. The van der Waals surface area contributed by atoms with E-state index >= 15 is 0 Å². The minimum atomic E-state index is -1.44. The number of aliphatic imine (C=N–C) groups is 2. The van der Waals surface area contributed by atoms with E-state index in [0.29, 0.717) is 5.84 Å². The number of alkyl carbamates (subject to hydrolysis) is 2. The van der Waals surface area contributed by atoms with Gasteiger partial charge in [-0.05, 0) is 131 Å². The summed E-state index contributed by atoms with van der Waals surface area (Å²) in [4.78, 5) is 115. The zero-order chi connectivity index (χ0) is 80.8. The number of azide groups is 1. The second-order valence-electron chi connectivity index (χ2n) is 27.0. The van der Waals surface area contributed by atoms with Crippen LogP contribution in [0.25, 0.3) is 10.4 Å². The molecular formula is C67H92ClN9O30. The molecule has 0 saturated carbocycles. The Morgan fingerprint density at radius 3 is 1.36 bits per heavy atom. The molecule has 2 fully saturated rings. The summed E-state index contributed by atoms with van der Waals surface area (Å²) in [6, 6.07) is 7.78. The SMILES string of the molecule is COC(=O)C1=C[C@H](N=C(C)NC(=O)OC(C)(C)C)[C@@H](C)[C@H]([C@H](O)[C@H]2COC(C)(C)O2)O1.COC(=O)C1=C[C@H](N=C(C)NC(=O)OC(C)(C)C)[C@@H](C)[C@H]([C@H](OC(=O)Oc2ccc([N+](=O)[O-])cc2)[C@H]2COC(C)(C)O2)O1.COC(=O)C1=C[C@H](N=[N+]=[N-])[C@@H](C)[C@H]([C@H](O)[C@H](O)CO)O1.O=C(Cl)Oc1ccc([N+](=O)[O-])cc1. The number of non-ortho nitro benzene ring substituents is 2. The van der Waals surface area contributed by atoms with Gasteiger partial charge in [-0.15, -0.1) is 0 Å². The zero-order valence-electron chi connectivity index (χ0n) is 62.0. The second kappa shape index (κ2) is 39.7. The van der Waals surface area contributed by atoms with Gasteiger partial charge in [0.1, 0.15) is 83.2 Å². The van der Waals surface area contributed by atoms with Crippen LogP contribution in [0.3, 0.4) is 0 Å². The maximum Gasteiger partial charge on any atom is 0.514 e. The quantitative estimate of drug-likeness (QED) is 0.00710. The van der Waals surface area contributed by atoms with Crippen molar-refractivity contribution >= 4 is 76.3 Å². The molecule has 2 aromatic rings. The molecule has 40 heteroatoms. The van der Waals surface area contributed by atoms with Crippen LogP contribution in [-0.4, -0.2) is 221 Å². The lowest BCUT2D eigenvalue weighted by Gasteiger charge is -2.38. The fraction of sp³-hybridized carbons (Fsp3) is 0.597. The summed E-state index contributed by atoms with van der Waals surface area (Å²) >= 11 is 4.92. The van der Waals surface area contributed by atoms with Crippen LogP contribution >= 0.6 is 11.6 Å². The van der Waals surface area contributed by atoms with Crippen LogP contribution in [0.5, 0.6) is 11.5 Å². The van der Waals surface area contributed by atoms with Gasteiger partial charge in [0, 0.05) is 58.5 Å². The number of nitro groups is 2. The number of halogens is 1. The number of amides is 2. The first-order valence-electron chi connectivity index (χ1n) is 32.8. The van der Waals surface area contributed by atoms with Crippen molar-refractivity contribution in [2.45, 2.75) is 200 Å². The van der Waals surface area contributed by atoms with Crippen LogP contribution in [0.2, 0.25) is 0 Å². The van der Waals surface area contributed by atoms with Gasteiger partial charge in [0.15, 0.2) is 17.7 Å². The molecule has 0 unspecified atom stereocenters. The van der Waals surface area contributed by atoms with E-state index in [1.165, 1.54) is 81.0 Å². The molecule has 5 heterocycles. The average molecular weight is 1540 g/mol. The molecule has 7 rings (SSSR count). The normalized spacial score (nSPS) is 24.7. The number of ether oxygens (including phenoxy) is 15. The van der Waals surface area contributed by atoms with Crippen molar-refractivity contribution in [3.8, 4) is 11.5 Å². The Labute approximate surface area is 619 Å². The summed E-state index contributed by atoms with van der Waals surface area (Å²) in [7, 11) is 3.57. The molecule has 39 nitrogen and oxygen atoms in total. The lowest BCUT2D eigenvalue weighted by Crippen LogP contribution is -2.51. The molecule has 0 aromatic heterocycles. The van der Waals surface area contributed by atoms with Crippen molar-refractivity contribution < 1.29 is 135 Å². The van der Waals surface area contributed by atoms with Crippen LogP contribution < -0.4 is 20.1 Å². The van der Waals surface area contributed by atoms with Crippen molar-refractivity contribution in [3.63, 3.8) is 0 Å². The molecule has 107 heavy (non-hydrogen) atoms. The molecular weight excluding hydrogens is 1450 g/mol. The van der Waals surface area contributed by atoms with Gasteiger partial charge in [-0.2, -0.15) is 0 Å². The first kappa shape index (κ1) is 89.6. The second-order valence-corrected chi connectivity index (χ2v) is 27.3. The van der Waals surface area contributed by atoms with Gasteiger partial charge in [0.2, 0.25) is 17.3 Å². The molecule has 5 aliphatic heterocycles. The number of hydrogen-bond acceptors (Lipinski definition) is 33. The van der Waals surface area contributed by atoms with E-state index in [4.69, 9.17) is 83.8 Å². The van der Waals surface area contributed by atoms with E-state index in [-0.39, 0.29) is 65.1 Å². The van der Waals surface area contributed by atoms with E-state index in [1.807, 2.05) is 6.92 Å². The Kier molecular flexibility index (Phi) is 33.2. The van der Waals surface area contributed by atoms with Crippen LogP contribution in [0.4, 0.5) is 30.6 Å². The Balaban J connectivity index is 0.000000328. The summed E-state index contributed by atoms with van der Waals surface area (Å²) < 4.78 is 80.1. The number of amidine groups is 2. The molecule has 2 aromatic carbocycles. The Morgan fingerprint density at radius 1 is 0.626 bits per heavy atom. The molecule has 15 atom stereocenters. The highest BCUT2D eigenvalue weighted by molar-refractivity contribution is 6.61. The summed E-state index contributed by atoms with van der Waals surface area (Å²) in [5.74, 6) is -5.35. The van der Waals surface area contributed by atoms with E-state index in [1.54, 1.807) is 96.9 Å². The van der Waals surface area contributed by atoms with E-state index < -0.39 is 166 Å². The predicted octanol–water partition coefficient (Wildman–Crippen LogP) is 7.74. The maximum atomic E-state index is 12.9. The number of methoxy groups -OCH3 is 3. The van der Waals surface area contributed by atoms with Crippen molar-refractivity contribution in [3.05, 3.63) is 115 Å². The van der Waals surface area contributed by atoms with Crippen LogP contribution in [-0.2, 0) is 76.0 Å². The number of nitro benzene ring substituents is 2. The fourth-order valence-corrected chi connectivity index (χ4v) is 10.4. The van der Waals surface area contributed by atoms with E-state index in [2.05, 4.69) is 40.1 Å². The van der Waals surface area contributed by atoms with Crippen molar-refractivity contribution in [1.82, 2.24) is 10.6 Å². The standard InChI is InChI=1S/C28H37N3O12.C21H34N2O8.C11H17N3O6.C7H4ClNO4/c1-15-19(29-16(2)30-25(33)43-27(3,4)5)13-20(24(32)37-8)40-22(15)23(21-14-38-28(6,7)42-21)41-26(34)39-18-11-9-17(10-12-18)31(35)36;1-11-13(22-12(2)23-19(26)31-20(3,4)5)9-14(18(25)27-8)29-17(11)16(24)15-10-28-21(6,7)30-15;1-5-6(13-14-12)3-8(11(18)19-2)20-10(5)9(17)7(16)4-15;8-7(10)13-6-3-1-5(2-4-6)9(11)12/h9-13,15,19,21-23H,14H2,1-8H3,(H,29,30,33);9,11,13,15-17,24H,10H2,1-8H3,(H,22,23,26);3,5-7,9-10,15-17H,4H2,1-2H3;1-4H/t15-,19+,21-,22-,23-;11-,13+,15-,16-,17-;5-,6+,7-,9-,10-;/m111./s1. The minimum Gasteiger partial charge on any atom is -0.480 e. The van der Waals surface area contributed by atoms with E-state index in [9.17, 15) is 69.1 Å². The number of carbonyl (C=O) groups is 7. The number of aliphatic hydroxyl groups excluding tert-OH is 4. The third-order valence-corrected chi connectivity index (χ3v) is 15.5. The summed E-state index contributed by atoms with van der Waals surface area (Å²) in [6.07, 6.45) is -7.77. The maximum absolute atomic E-state index is 12.9. The van der Waals surface area contributed by atoms with Crippen LogP contribution in [0.15, 0.2) is 99.1 Å². The molecule has 0 spiro atoms. The number of benzene rings is 2. The largest absolute Gasteiger partial charge is 0.514 e. The average Bonchev–Trinajstić information content (AvgIpc) is 1.78. The molecule has 0 bridgehead atoms. The lowest BCUT2D eigenvalue weighted by molar-refractivity contribution is -0.385. The molecule has 2 saturated heterocycles. The monoisotopic (exact) mass is 1540 g/mol. The topological polar surface area (TPSA) is 523 Å². The molecule has 0 aliphatic carbocycles. The Hall–Kier alpha value is -9.83. The van der Waals surface area contributed by atoms with Crippen molar-refractivity contribution in [1.29, 1.82) is 0 Å². The number of nitrogens with zero attached hydrogens (tertiary/aromatic N) is 7. The number of carbonyl (C=O) groups excluding carboxylic acids is 7. The lowest BCUT2D eigenvalue weighted by atomic mass is 9.87. The smallest absolute Gasteiger partial charge is 0.480 e. The third-order valence-electron chi connectivity index (χ3n) is 15.4. The van der Waals surface area contributed by atoms with Gasteiger partial charge in [-0.25, -0.2) is 33.6 Å². The predicted molar refractivity (Wildman–Crippen MR) is 372 cm³/mol. The number of rotatable bonds is 18. The molecule has 592 valence electrons. The molecule has 6 N–H and O–H groups in total. The van der Waals surface area contributed by atoms with Crippen LogP contribution in [0, 0.1) is 38.0 Å². The molecule has 0 radical (unpaired) electrons. The highest BCUT2D eigenvalue weighted by atomic mass is 35.5. The Bertz CT molecular complexity index is 3660. The van der Waals surface area contributed by atoms with Gasteiger partial charge in [-0.3, -0.25) is 40.8 Å². The number of esters is 3. The van der Waals surface area contributed by atoms with Crippen LogP contribution in [0.1, 0.15) is 104 Å². The first-order chi connectivity index (χ1) is 49.7. The van der Waals surface area contributed by atoms with Gasteiger partial charge in [-0.1, -0.05) is 25.9 Å². The van der Waals surface area contributed by atoms with Gasteiger partial charge < -0.3 is 91.5 Å². The number of hydrogen-bond donors (Lipinski definition) is 6. The molecule has 5 aliphatic rings. The third kappa shape index (κ3) is 28.4. The van der Waals surface area contributed by atoms with Gasteiger partial charge >= 0.3 is 41.7 Å². The molecule has 2 amide bonds. The number of aliphatic hydroxyl groups is 4. The summed E-state index contributed by atoms with van der Waals surface area (Å²) in [5.41, 5.74) is 5.89. The van der Waals surface area contributed by atoms with Crippen molar-refractivity contribution in [2.75, 3.05) is 41.2 Å². The summed E-state index contributed by atoms with van der Waals surface area (Å²) in [5, 5.41) is 69.0. The van der Waals surface area contributed by atoms with Crippen molar-refractivity contribution in [2.24, 2.45) is 32.9 Å². The Morgan fingerprint density at radius 2 is 1.00 bits per heavy atom. The fourth-order valence-electron chi connectivity index (χ4n) is 10.3. The van der Waals surface area contributed by atoms with E-state index in [0.717, 1.165) is 7.11 Å². The van der Waals surface area contributed by atoms with Gasteiger partial charge in [0.25, 0.3) is 11.4 Å². The zero-order valence-corrected chi connectivity index (χ0v) is 62.8. The minimum absolute atomic E-state index is 0.00246. The van der Waals surface area contributed by atoms with Gasteiger partial charge in [0.05, 0.1) is 69.1 Å². The summed E-state index contributed by atoms with van der Waals surface area (Å²) in [6.45, 7) is 25.2. The first-order valence-corrected chi connectivity index (χ1v) is 33.2. The highest BCUT2D eigenvalue weighted by Crippen LogP contribution is 2.38. The number of nitrogens with one attached hydrogen (secondary N) is 2.